The number of hydrogen-bond acceptors (Lipinski definition) is 6. The van der Waals surface area contributed by atoms with Crippen LogP contribution in [0.5, 0.6) is 0 Å². The van der Waals surface area contributed by atoms with Crippen molar-refractivity contribution in [2.45, 2.75) is 44.5 Å². The predicted molar refractivity (Wildman–Crippen MR) is 92.5 cm³/mol. The molecule has 2 saturated heterocycles. The fourth-order valence-electron chi connectivity index (χ4n) is 3.69. The third-order valence-electron chi connectivity index (χ3n) is 5.18. The Morgan fingerprint density at radius 1 is 1.38 bits per heavy atom. The van der Waals surface area contributed by atoms with E-state index in [4.69, 9.17) is 14.0 Å². The molecule has 2 aliphatic heterocycles. The van der Waals surface area contributed by atoms with Gasteiger partial charge in [0.2, 0.25) is 0 Å². The van der Waals surface area contributed by atoms with Gasteiger partial charge in [-0.05, 0) is 31.9 Å². The Morgan fingerprint density at radius 3 is 2.92 bits per heavy atom. The summed E-state index contributed by atoms with van der Waals surface area (Å²) in [7, 11) is 0. The highest BCUT2D eigenvalue weighted by atomic mass is 16.6. The third-order valence-corrected chi connectivity index (χ3v) is 5.18. The summed E-state index contributed by atoms with van der Waals surface area (Å²) in [5.74, 6) is 0.575. The van der Waals surface area contributed by atoms with Crippen molar-refractivity contribution in [2.24, 2.45) is 0 Å². The fraction of sp³-hybridized carbons (Fsp3) is 0.526. The molecule has 1 atom stereocenters. The zero-order valence-electron chi connectivity index (χ0n) is 14.9. The van der Waals surface area contributed by atoms with Crippen LogP contribution in [0.25, 0.3) is 0 Å². The number of amides is 1. The van der Waals surface area contributed by atoms with E-state index in [1.165, 1.54) is 0 Å². The summed E-state index contributed by atoms with van der Waals surface area (Å²) in [6.45, 7) is 4.21. The summed E-state index contributed by atoms with van der Waals surface area (Å²) in [5.41, 5.74) is 1.13. The van der Waals surface area contributed by atoms with Crippen molar-refractivity contribution in [1.29, 1.82) is 0 Å². The maximum absolute atomic E-state index is 12.5. The van der Waals surface area contributed by atoms with Gasteiger partial charge in [-0.25, -0.2) is 0 Å². The van der Waals surface area contributed by atoms with E-state index in [0.29, 0.717) is 37.8 Å². The second kappa shape index (κ2) is 7.17. The minimum atomic E-state index is -0.175. The third kappa shape index (κ3) is 3.64. The first-order valence-corrected chi connectivity index (χ1v) is 9.02. The van der Waals surface area contributed by atoms with Gasteiger partial charge in [-0.2, -0.15) is 0 Å². The van der Waals surface area contributed by atoms with E-state index in [1.807, 2.05) is 23.1 Å². The molecule has 0 aromatic carbocycles. The first-order chi connectivity index (χ1) is 12.6. The topological polar surface area (TPSA) is 77.7 Å². The van der Waals surface area contributed by atoms with E-state index in [9.17, 15) is 4.79 Å². The standard InChI is InChI=1S/C19H23N3O4/c1-14-10-17(21-26-14)18(23)22-8-5-19(6-9-22)11-16(13-25-19)24-12-15-4-2-3-7-20-15/h2-4,7,10,16H,5-6,8-9,11-13H2,1H3/t16-/m1/s1. The Morgan fingerprint density at radius 2 is 2.23 bits per heavy atom. The Hall–Kier alpha value is -2.25. The van der Waals surface area contributed by atoms with Gasteiger partial charge in [0.05, 0.1) is 30.6 Å². The first-order valence-electron chi connectivity index (χ1n) is 9.02. The van der Waals surface area contributed by atoms with Crippen molar-refractivity contribution < 1.29 is 18.8 Å². The van der Waals surface area contributed by atoms with Crippen molar-refractivity contribution in [1.82, 2.24) is 15.0 Å². The minimum Gasteiger partial charge on any atom is -0.372 e. The van der Waals surface area contributed by atoms with Crippen molar-refractivity contribution in [2.75, 3.05) is 19.7 Å². The lowest BCUT2D eigenvalue weighted by molar-refractivity contribution is -0.0414. The van der Waals surface area contributed by atoms with Crippen molar-refractivity contribution in [3.05, 3.63) is 47.6 Å². The minimum absolute atomic E-state index is 0.0716. The van der Waals surface area contributed by atoms with E-state index in [0.717, 1.165) is 25.0 Å². The van der Waals surface area contributed by atoms with Gasteiger partial charge < -0.3 is 18.9 Å². The van der Waals surface area contributed by atoms with Crippen LogP contribution in [-0.2, 0) is 16.1 Å². The van der Waals surface area contributed by atoms with Crippen LogP contribution in [0.2, 0.25) is 0 Å². The molecule has 26 heavy (non-hydrogen) atoms. The predicted octanol–water partition coefficient (Wildman–Crippen LogP) is 2.36. The molecule has 0 N–H and O–H groups in total. The maximum atomic E-state index is 12.5. The highest BCUT2D eigenvalue weighted by Gasteiger charge is 2.44. The SMILES string of the molecule is Cc1cc(C(=O)N2CCC3(CC2)C[C@@H](OCc2ccccn2)CO3)no1. The van der Waals surface area contributed by atoms with Crippen LogP contribution < -0.4 is 0 Å². The molecule has 0 saturated carbocycles. The molecule has 1 amide bonds. The van der Waals surface area contributed by atoms with Gasteiger partial charge in [0.15, 0.2) is 5.69 Å². The van der Waals surface area contributed by atoms with E-state index in [-0.39, 0.29) is 17.6 Å². The fourth-order valence-corrected chi connectivity index (χ4v) is 3.69. The molecule has 0 aliphatic carbocycles. The molecule has 4 heterocycles. The molecule has 7 heteroatoms. The van der Waals surface area contributed by atoms with Crippen LogP contribution in [-0.4, -0.2) is 52.3 Å². The number of aryl methyl sites for hydroxylation is 1. The molecule has 0 radical (unpaired) electrons. The number of nitrogens with zero attached hydrogens (tertiary/aromatic N) is 3. The number of pyridine rings is 1. The van der Waals surface area contributed by atoms with Gasteiger partial charge in [-0.15, -0.1) is 0 Å². The zero-order valence-corrected chi connectivity index (χ0v) is 14.9. The van der Waals surface area contributed by atoms with Crippen LogP contribution >= 0.6 is 0 Å². The van der Waals surface area contributed by atoms with Crippen LogP contribution in [0.3, 0.4) is 0 Å². The first kappa shape index (κ1) is 17.2. The Bertz CT molecular complexity index is 753. The largest absolute Gasteiger partial charge is 0.372 e. The smallest absolute Gasteiger partial charge is 0.276 e. The lowest BCUT2D eigenvalue weighted by Gasteiger charge is -2.38. The van der Waals surface area contributed by atoms with Gasteiger partial charge in [0.25, 0.3) is 5.91 Å². The Kier molecular flexibility index (Phi) is 4.74. The van der Waals surface area contributed by atoms with Crippen LogP contribution in [0.4, 0.5) is 0 Å². The van der Waals surface area contributed by atoms with Gasteiger partial charge in [0, 0.05) is 31.8 Å². The second-order valence-electron chi connectivity index (χ2n) is 7.07. The molecular weight excluding hydrogens is 334 g/mol. The van der Waals surface area contributed by atoms with Crippen LogP contribution in [0, 0.1) is 6.92 Å². The van der Waals surface area contributed by atoms with E-state index in [2.05, 4.69) is 10.1 Å². The molecule has 1 spiro atoms. The Balaban J connectivity index is 1.28. The average Bonchev–Trinajstić information content (AvgIpc) is 3.28. The highest BCUT2D eigenvalue weighted by Crippen LogP contribution is 2.37. The summed E-state index contributed by atoms with van der Waals surface area (Å²) >= 11 is 0. The molecule has 0 unspecified atom stereocenters. The molecule has 138 valence electrons. The number of carbonyl (C=O) groups excluding carboxylic acids is 1. The number of ether oxygens (including phenoxy) is 2. The summed E-state index contributed by atoms with van der Waals surface area (Å²) in [6, 6.07) is 7.50. The molecule has 2 aromatic rings. The molecule has 2 aliphatic rings. The maximum Gasteiger partial charge on any atom is 0.276 e. The van der Waals surface area contributed by atoms with Crippen LogP contribution in [0.15, 0.2) is 35.0 Å². The van der Waals surface area contributed by atoms with Crippen molar-refractivity contribution >= 4 is 5.91 Å². The molecule has 7 nitrogen and oxygen atoms in total. The number of piperidine rings is 1. The molecule has 4 rings (SSSR count). The molecule has 0 bridgehead atoms. The average molecular weight is 357 g/mol. The number of hydrogen-bond donors (Lipinski definition) is 0. The summed E-state index contributed by atoms with van der Waals surface area (Å²) in [4.78, 5) is 18.6. The lowest BCUT2D eigenvalue weighted by atomic mass is 9.88. The summed E-state index contributed by atoms with van der Waals surface area (Å²) < 4.78 is 17.1. The second-order valence-corrected chi connectivity index (χ2v) is 7.07. The molecule has 2 fully saturated rings. The Labute approximate surface area is 152 Å². The quantitative estimate of drug-likeness (QED) is 0.836. The van der Waals surface area contributed by atoms with Gasteiger partial charge in [-0.1, -0.05) is 11.2 Å². The number of rotatable bonds is 4. The molecular formula is C19H23N3O4. The van der Waals surface area contributed by atoms with E-state index < -0.39 is 0 Å². The monoisotopic (exact) mass is 357 g/mol. The van der Waals surface area contributed by atoms with Crippen molar-refractivity contribution in [3.8, 4) is 0 Å². The number of aromatic nitrogens is 2. The molecule has 2 aromatic heterocycles. The number of likely N-dealkylation sites (tertiary alicyclic amines) is 1. The highest BCUT2D eigenvalue weighted by molar-refractivity contribution is 5.92. The van der Waals surface area contributed by atoms with Crippen LogP contribution in [0.1, 0.15) is 41.2 Å². The van der Waals surface area contributed by atoms with E-state index >= 15 is 0 Å². The van der Waals surface area contributed by atoms with Gasteiger partial charge in [-0.3, -0.25) is 9.78 Å². The number of carbonyl (C=O) groups is 1. The normalized spacial score (nSPS) is 22.0. The van der Waals surface area contributed by atoms with Crippen molar-refractivity contribution in [3.63, 3.8) is 0 Å². The summed E-state index contributed by atoms with van der Waals surface area (Å²) in [6.07, 6.45) is 4.36. The van der Waals surface area contributed by atoms with Gasteiger partial charge >= 0.3 is 0 Å². The summed E-state index contributed by atoms with van der Waals surface area (Å²) in [5, 5.41) is 3.82. The zero-order chi connectivity index (χ0) is 18.0. The lowest BCUT2D eigenvalue weighted by Crippen LogP contribution is -2.46. The van der Waals surface area contributed by atoms with E-state index in [1.54, 1.807) is 19.2 Å². The van der Waals surface area contributed by atoms with Gasteiger partial charge in [0.1, 0.15) is 5.76 Å².